The molecular weight excluding hydrogens is 484 g/mol. The first-order valence-corrected chi connectivity index (χ1v) is 13.1. The van der Waals surface area contributed by atoms with Gasteiger partial charge in [-0.3, -0.25) is 24.2 Å². The van der Waals surface area contributed by atoms with Crippen LogP contribution in [-0.4, -0.2) is 58.8 Å². The molecule has 1 fully saturated rings. The third-order valence-electron chi connectivity index (χ3n) is 6.52. The zero-order chi connectivity index (χ0) is 27.7. The van der Waals surface area contributed by atoms with Crippen molar-refractivity contribution in [3.63, 3.8) is 0 Å². The van der Waals surface area contributed by atoms with Crippen LogP contribution in [0.5, 0.6) is 0 Å². The highest BCUT2D eigenvalue weighted by Crippen LogP contribution is 2.29. The Hall–Kier alpha value is -3.59. The van der Waals surface area contributed by atoms with Gasteiger partial charge in [0.05, 0.1) is 12.6 Å². The average molecular weight is 523 g/mol. The molecule has 2 aromatic rings. The molecule has 0 unspecified atom stereocenters. The number of nitrogens with one attached hydrogen (secondary N) is 3. The highest BCUT2D eigenvalue weighted by atomic mass is 16.6. The summed E-state index contributed by atoms with van der Waals surface area (Å²) in [6, 6.07) is 10.7. The van der Waals surface area contributed by atoms with E-state index < -0.39 is 35.5 Å². The number of carbonyl (C=O) groups excluding carboxylic acids is 4. The van der Waals surface area contributed by atoms with Gasteiger partial charge in [0.1, 0.15) is 17.7 Å². The zero-order valence-corrected chi connectivity index (χ0v) is 22.5. The number of amides is 3. The summed E-state index contributed by atoms with van der Waals surface area (Å²) in [7, 11) is 0. The van der Waals surface area contributed by atoms with Crippen molar-refractivity contribution in [1.29, 1.82) is 0 Å². The molecule has 3 rings (SSSR count). The van der Waals surface area contributed by atoms with Crippen molar-refractivity contribution in [3.05, 3.63) is 66.0 Å². The van der Waals surface area contributed by atoms with Gasteiger partial charge in [-0.15, -0.1) is 0 Å². The summed E-state index contributed by atoms with van der Waals surface area (Å²) in [6.45, 7) is 7.35. The number of benzene rings is 1. The van der Waals surface area contributed by atoms with Gasteiger partial charge in [-0.05, 0) is 55.4 Å². The van der Waals surface area contributed by atoms with Crippen LogP contribution >= 0.6 is 0 Å². The monoisotopic (exact) mass is 522 g/mol. The summed E-state index contributed by atoms with van der Waals surface area (Å²) in [6.07, 6.45) is 4.81. The second kappa shape index (κ2) is 13.3. The number of carbonyl (C=O) groups is 4. The Kier molecular flexibility index (Phi) is 10.1. The summed E-state index contributed by atoms with van der Waals surface area (Å²) in [5.41, 5.74) is 0.947. The van der Waals surface area contributed by atoms with E-state index in [1.54, 1.807) is 31.5 Å². The predicted molar refractivity (Wildman–Crippen MR) is 143 cm³/mol. The summed E-state index contributed by atoms with van der Waals surface area (Å²) in [4.78, 5) is 55.9. The number of aromatic nitrogens is 1. The van der Waals surface area contributed by atoms with Gasteiger partial charge in [0, 0.05) is 25.7 Å². The molecule has 4 atom stereocenters. The van der Waals surface area contributed by atoms with Crippen molar-refractivity contribution in [1.82, 2.24) is 20.9 Å². The Morgan fingerprint density at radius 2 is 1.50 bits per heavy atom. The number of ketones is 1. The van der Waals surface area contributed by atoms with E-state index in [1.807, 2.05) is 44.2 Å². The first-order chi connectivity index (χ1) is 18.1. The number of nitrogens with zero attached hydrogens (tertiary/aromatic N) is 1. The van der Waals surface area contributed by atoms with Crippen LogP contribution in [0.4, 0.5) is 0 Å². The van der Waals surface area contributed by atoms with Crippen molar-refractivity contribution in [2.24, 2.45) is 5.92 Å². The van der Waals surface area contributed by atoms with E-state index in [2.05, 4.69) is 20.9 Å². The average Bonchev–Trinajstić information content (AvgIpc) is 3.64. The van der Waals surface area contributed by atoms with Crippen LogP contribution < -0.4 is 16.0 Å². The molecule has 9 heteroatoms. The van der Waals surface area contributed by atoms with Gasteiger partial charge >= 0.3 is 0 Å². The number of rotatable bonds is 14. The van der Waals surface area contributed by atoms with Gasteiger partial charge in [-0.2, -0.15) is 0 Å². The molecule has 3 N–H and O–H groups in total. The minimum absolute atomic E-state index is 0.155. The number of Topliss-reactive ketones (excluding diaryl/α,β-unsaturated/α-hetero) is 1. The summed E-state index contributed by atoms with van der Waals surface area (Å²) >= 11 is 0. The molecule has 0 radical (unpaired) electrons. The third kappa shape index (κ3) is 8.76. The number of hydrogen-bond donors (Lipinski definition) is 3. The van der Waals surface area contributed by atoms with Crippen LogP contribution in [0.3, 0.4) is 0 Å². The molecule has 3 amide bonds. The van der Waals surface area contributed by atoms with E-state index in [4.69, 9.17) is 4.74 Å². The number of ether oxygens (including phenoxy) is 1. The maximum atomic E-state index is 13.5. The standard InChI is InChI=1S/C29H38N4O5/c1-19(2)16-24(26(35)29(4)18-38-29)32-28(37)25(17-22-12-14-30-15-13-22)33-27(36)23(31-20(3)34)11-10-21-8-6-5-7-9-21/h5-9,12-15,19,23-25H,10-11,16-18H2,1-4H3,(H,31,34)(H,32,37)(H,33,36)/t23-,24-,25-,29+/m0/s1. The van der Waals surface area contributed by atoms with Crippen molar-refractivity contribution in [2.75, 3.05) is 6.61 Å². The van der Waals surface area contributed by atoms with Crippen LogP contribution in [0.1, 0.15) is 51.7 Å². The Morgan fingerprint density at radius 3 is 2.08 bits per heavy atom. The van der Waals surface area contributed by atoms with Crippen molar-refractivity contribution in [2.45, 2.75) is 77.1 Å². The molecular formula is C29H38N4O5. The lowest BCUT2D eigenvalue weighted by molar-refractivity contribution is -0.134. The molecule has 1 aromatic carbocycles. The lowest BCUT2D eigenvalue weighted by atomic mass is 9.93. The third-order valence-corrected chi connectivity index (χ3v) is 6.52. The first-order valence-electron chi connectivity index (χ1n) is 13.1. The predicted octanol–water partition coefficient (Wildman–Crippen LogP) is 2.14. The first kappa shape index (κ1) is 29.0. The fourth-order valence-electron chi connectivity index (χ4n) is 4.30. The van der Waals surface area contributed by atoms with Crippen molar-refractivity contribution >= 4 is 23.5 Å². The Labute approximate surface area is 224 Å². The van der Waals surface area contributed by atoms with Gasteiger partial charge in [-0.1, -0.05) is 44.2 Å². The van der Waals surface area contributed by atoms with E-state index in [9.17, 15) is 19.2 Å². The van der Waals surface area contributed by atoms with E-state index in [0.29, 0.717) is 25.9 Å². The Balaban J connectivity index is 1.77. The number of hydrogen-bond acceptors (Lipinski definition) is 6. The maximum Gasteiger partial charge on any atom is 0.243 e. The van der Waals surface area contributed by atoms with E-state index >= 15 is 0 Å². The van der Waals surface area contributed by atoms with Crippen LogP contribution in [-0.2, 0) is 36.8 Å². The fourth-order valence-corrected chi connectivity index (χ4v) is 4.30. The fraction of sp³-hybridized carbons (Fsp3) is 0.483. The molecule has 0 bridgehead atoms. The van der Waals surface area contributed by atoms with Gasteiger partial charge in [0.25, 0.3) is 0 Å². The van der Waals surface area contributed by atoms with E-state index in [1.165, 1.54) is 6.92 Å². The molecule has 204 valence electrons. The topological polar surface area (TPSA) is 130 Å². The number of pyridine rings is 1. The molecule has 9 nitrogen and oxygen atoms in total. The Bertz CT molecular complexity index is 1100. The molecule has 0 spiro atoms. The van der Waals surface area contributed by atoms with E-state index in [0.717, 1.165) is 11.1 Å². The number of aryl methyl sites for hydroxylation is 1. The van der Waals surface area contributed by atoms with Crippen molar-refractivity contribution in [3.8, 4) is 0 Å². The quantitative estimate of drug-likeness (QED) is 0.326. The van der Waals surface area contributed by atoms with Crippen molar-refractivity contribution < 1.29 is 23.9 Å². The lowest BCUT2D eigenvalue weighted by Gasteiger charge is -2.26. The molecule has 0 aliphatic carbocycles. The highest BCUT2D eigenvalue weighted by molar-refractivity contribution is 5.98. The minimum atomic E-state index is -0.965. The highest BCUT2D eigenvalue weighted by Gasteiger charge is 2.50. The van der Waals surface area contributed by atoms with Gasteiger partial charge < -0.3 is 20.7 Å². The van der Waals surface area contributed by atoms with Gasteiger partial charge in [0.2, 0.25) is 17.7 Å². The maximum absolute atomic E-state index is 13.5. The molecule has 1 saturated heterocycles. The molecule has 1 aromatic heterocycles. The van der Waals surface area contributed by atoms with Crippen LogP contribution in [0.2, 0.25) is 0 Å². The van der Waals surface area contributed by atoms with Crippen LogP contribution in [0.15, 0.2) is 54.9 Å². The molecule has 2 heterocycles. The van der Waals surface area contributed by atoms with Crippen LogP contribution in [0.25, 0.3) is 0 Å². The minimum Gasteiger partial charge on any atom is -0.361 e. The molecule has 0 saturated carbocycles. The smallest absolute Gasteiger partial charge is 0.243 e. The summed E-state index contributed by atoms with van der Waals surface area (Å²) in [5.74, 6) is -1.29. The summed E-state index contributed by atoms with van der Waals surface area (Å²) < 4.78 is 5.34. The zero-order valence-electron chi connectivity index (χ0n) is 22.5. The summed E-state index contributed by atoms with van der Waals surface area (Å²) in [5, 5.41) is 8.41. The normalized spacial score (nSPS) is 18.7. The second-order valence-electron chi connectivity index (χ2n) is 10.5. The van der Waals surface area contributed by atoms with Gasteiger partial charge in [-0.25, -0.2) is 0 Å². The van der Waals surface area contributed by atoms with Gasteiger partial charge in [0.15, 0.2) is 5.78 Å². The Morgan fingerprint density at radius 1 is 0.895 bits per heavy atom. The largest absolute Gasteiger partial charge is 0.361 e. The second-order valence-corrected chi connectivity index (χ2v) is 10.5. The molecule has 38 heavy (non-hydrogen) atoms. The number of epoxide rings is 1. The van der Waals surface area contributed by atoms with E-state index in [-0.39, 0.29) is 24.0 Å². The molecule has 1 aliphatic heterocycles. The van der Waals surface area contributed by atoms with Crippen LogP contribution in [0, 0.1) is 5.92 Å². The lowest BCUT2D eigenvalue weighted by Crippen LogP contribution is -2.57. The molecule has 1 aliphatic rings. The SMILES string of the molecule is CC(=O)N[C@@H](CCc1ccccc1)C(=O)N[C@@H](Cc1ccncc1)C(=O)N[C@@H](CC(C)C)C(=O)[C@@]1(C)CO1.